The molecule has 0 saturated carbocycles. The molecule has 72 valence electrons. The van der Waals surface area contributed by atoms with Gasteiger partial charge in [-0.25, -0.2) is 0 Å². The van der Waals surface area contributed by atoms with Gasteiger partial charge in [-0.1, -0.05) is 29.8 Å². The van der Waals surface area contributed by atoms with Crippen LogP contribution in [0.3, 0.4) is 0 Å². The summed E-state index contributed by atoms with van der Waals surface area (Å²) in [4.78, 5) is 0.139. The monoisotopic (exact) mass is 206 g/mol. The summed E-state index contributed by atoms with van der Waals surface area (Å²) in [6.45, 7) is 2.01. The standard InChI is InChI=1S/C10H10N2OS/c1-7-2-4-8(5-3-7)9-6-14-10(11)12(9)13/h2-6,11,13H,1H3. The molecule has 1 aromatic heterocycles. The van der Waals surface area contributed by atoms with Crippen molar-refractivity contribution in [2.45, 2.75) is 6.92 Å². The molecule has 2 aromatic rings. The van der Waals surface area contributed by atoms with Crippen LogP contribution in [-0.2, 0) is 0 Å². The zero-order valence-electron chi connectivity index (χ0n) is 7.69. The van der Waals surface area contributed by atoms with Gasteiger partial charge < -0.3 is 5.21 Å². The number of benzene rings is 1. The Morgan fingerprint density at radius 2 is 1.93 bits per heavy atom. The predicted octanol–water partition coefficient (Wildman–Crippen LogP) is 2.24. The average Bonchev–Trinajstić information content (AvgIpc) is 2.50. The van der Waals surface area contributed by atoms with E-state index in [4.69, 9.17) is 5.41 Å². The second kappa shape index (κ2) is 3.31. The number of thiazole rings is 1. The molecule has 0 amide bonds. The van der Waals surface area contributed by atoms with E-state index in [0.717, 1.165) is 10.3 Å². The quantitative estimate of drug-likeness (QED) is 0.691. The molecule has 0 aliphatic rings. The number of nitrogens with zero attached hydrogens (tertiary/aromatic N) is 1. The largest absolute Gasteiger partial charge is 0.426 e. The highest BCUT2D eigenvalue weighted by atomic mass is 32.1. The molecule has 0 fully saturated rings. The molecule has 1 aromatic carbocycles. The average molecular weight is 206 g/mol. The van der Waals surface area contributed by atoms with Gasteiger partial charge in [0.25, 0.3) is 0 Å². The first-order valence-corrected chi connectivity index (χ1v) is 5.08. The minimum atomic E-state index is 0.139. The summed E-state index contributed by atoms with van der Waals surface area (Å²) < 4.78 is 0.898. The van der Waals surface area contributed by atoms with Crippen molar-refractivity contribution in [1.29, 1.82) is 5.41 Å². The molecule has 0 aliphatic heterocycles. The summed E-state index contributed by atoms with van der Waals surface area (Å²) >= 11 is 1.21. The maximum Gasteiger partial charge on any atom is 0.216 e. The number of nitrogens with one attached hydrogen (secondary N) is 1. The number of rotatable bonds is 1. The third kappa shape index (κ3) is 1.44. The Kier molecular flexibility index (Phi) is 2.13. The van der Waals surface area contributed by atoms with E-state index < -0.39 is 0 Å². The maximum atomic E-state index is 9.50. The highest BCUT2D eigenvalue weighted by Crippen LogP contribution is 2.18. The molecule has 14 heavy (non-hydrogen) atoms. The van der Waals surface area contributed by atoms with Crippen LogP contribution in [0.2, 0.25) is 0 Å². The van der Waals surface area contributed by atoms with E-state index in [1.165, 1.54) is 16.9 Å². The fourth-order valence-electron chi connectivity index (χ4n) is 1.24. The van der Waals surface area contributed by atoms with Crippen molar-refractivity contribution in [1.82, 2.24) is 4.73 Å². The second-order valence-electron chi connectivity index (χ2n) is 3.10. The van der Waals surface area contributed by atoms with Crippen molar-refractivity contribution in [2.24, 2.45) is 0 Å². The zero-order chi connectivity index (χ0) is 10.1. The lowest BCUT2D eigenvalue weighted by Crippen LogP contribution is -2.10. The van der Waals surface area contributed by atoms with Crippen LogP contribution in [0.15, 0.2) is 29.6 Å². The lowest BCUT2D eigenvalue weighted by Gasteiger charge is -2.01. The number of hydrogen-bond donors (Lipinski definition) is 2. The van der Waals surface area contributed by atoms with Crippen molar-refractivity contribution in [3.8, 4) is 11.3 Å². The van der Waals surface area contributed by atoms with Gasteiger partial charge in [0, 0.05) is 10.9 Å². The van der Waals surface area contributed by atoms with Gasteiger partial charge in [-0.3, -0.25) is 5.41 Å². The molecule has 0 saturated heterocycles. The maximum absolute atomic E-state index is 9.50. The van der Waals surface area contributed by atoms with Gasteiger partial charge in [0.1, 0.15) is 5.69 Å². The first-order chi connectivity index (χ1) is 6.68. The summed E-state index contributed by atoms with van der Waals surface area (Å²) in [6, 6.07) is 7.83. The number of hydrogen-bond acceptors (Lipinski definition) is 3. The smallest absolute Gasteiger partial charge is 0.216 e. The molecular formula is C10H10N2OS. The minimum Gasteiger partial charge on any atom is -0.426 e. The molecule has 0 bridgehead atoms. The van der Waals surface area contributed by atoms with Gasteiger partial charge >= 0.3 is 0 Å². The zero-order valence-corrected chi connectivity index (χ0v) is 8.51. The van der Waals surface area contributed by atoms with Gasteiger partial charge in [0.15, 0.2) is 0 Å². The van der Waals surface area contributed by atoms with Gasteiger partial charge in [0.2, 0.25) is 4.80 Å². The van der Waals surface area contributed by atoms with E-state index in [9.17, 15) is 5.21 Å². The van der Waals surface area contributed by atoms with E-state index in [1.807, 2.05) is 31.2 Å². The third-order valence-corrected chi connectivity index (χ3v) is 2.79. The lowest BCUT2D eigenvalue weighted by molar-refractivity contribution is 0.181. The molecule has 0 radical (unpaired) electrons. The second-order valence-corrected chi connectivity index (χ2v) is 3.96. The van der Waals surface area contributed by atoms with Crippen LogP contribution < -0.4 is 4.80 Å². The fourth-order valence-corrected chi connectivity index (χ4v) is 1.89. The van der Waals surface area contributed by atoms with Gasteiger partial charge in [0.05, 0.1) is 0 Å². The van der Waals surface area contributed by atoms with E-state index >= 15 is 0 Å². The molecule has 0 spiro atoms. The lowest BCUT2D eigenvalue weighted by atomic mass is 10.1. The summed E-state index contributed by atoms with van der Waals surface area (Å²) in [5, 5.41) is 18.6. The van der Waals surface area contributed by atoms with Crippen LogP contribution in [0.4, 0.5) is 0 Å². The molecule has 4 heteroatoms. The van der Waals surface area contributed by atoms with Crippen LogP contribution in [0.25, 0.3) is 11.3 Å². The van der Waals surface area contributed by atoms with E-state index in [0.29, 0.717) is 5.69 Å². The van der Waals surface area contributed by atoms with Gasteiger partial charge in [-0.05, 0) is 6.92 Å². The highest BCUT2D eigenvalue weighted by molar-refractivity contribution is 7.07. The van der Waals surface area contributed by atoms with E-state index in [1.54, 1.807) is 5.38 Å². The molecule has 3 nitrogen and oxygen atoms in total. The Balaban J connectivity index is 2.55. The van der Waals surface area contributed by atoms with Crippen molar-refractivity contribution in [3.05, 3.63) is 40.0 Å². The topological polar surface area (TPSA) is 49.0 Å². The summed E-state index contributed by atoms with van der Waals surface area (Å²) in [5.74, 6) is 0. The van der Waals surface area contributed by atoms with Crippen LogP contribution >= 0.6 is 11.3 Å². The first-order valence-electron chi connectivity index (χ1n) is 4.20. The molecule has 2 N–H and O–H groups in total. The number of aromatic nitrogens is 1. The first kappa shape index (κ1) is 9.02. The van der Waals surface area contributed by atoms with Crippen LogP contribution in [0.1, 0.15) is 5.56 Å². The molecule has 0 atom stereocenters. The number of aryl methyl sites for hydroxylation is 1. The molecular weight excluding hydrogens is 196 g/mol. The normalized spacial score (nSPS) is 10.4. The molecule has 0 unspecified atom stereocenters. The van der Waals surface area contributed by atoms with Crippen LogP contribution in [-0.4, -0.2) is 9.94 Å². The van der Waals surface area contributed by atoms with E-state index in [2.05, 4.69) is 0 Å². The Labute approximate surface area is 85.4 Å². The highest BCUT2D eigenvalue weighted by Gasteiger charge is 2.04. The summed E-state index contributed by atoms with van der Waals surface area (Å²) in [5.41, 5.74) is 2.77. The summed E-state index contributed by atoms with van der Waals surface area (Å²) in [6.07, 6.45) is 0. The Morgan fingerprint density at radius 3 is 2.43 bits per heavy atom. The molecule has 1 heterocycles. The van der Waals surface area contributed by atoms with Crippen LogP contribution in [0, 0.1) is 12.3 Å². The van der Waals surface area contributed by atoms with Gasteiger partial charge in [-0.15, -0.1) is 11.3 Å². The Bertz CT molecular complexity index is 496. The summed E-state index contributed by atoms with van der Waals surface area (Å²) in [7, 11) is 0. The van der Waals surface area contributed by atoms with Gasteiger partial charge in [-0.2, -0.15) is 4.73 Å². The Morgan fingerprint density at radius 1 is 1.29 bits per heavy atom. The minimum absolute atomic E-state index is 0.139. The van der Waals surface area contributed by atoms with Crippen molar-refractivity contribution in [3.63, 3.8) is 0 Å². The third-order valence-electron chi connectivity index (χ3n) is 2.05. The molecule has 2 rings (SSSR count). The van der Waals surface area contributed by atoms with Crippen LogP contribution in [0.5, 0.6) is 0 Å². The SMILES string of the molecule is Cc1ccc(-c2csc(=N)n2O)cc1. The predicted molar refractivity (Wildman–Crippen MR) is 55.5 cm³/mol. The Hall–Kier alpha value is -1.55. The fraction of sp³-hybridized carbons (Fsp3) is 0.100. The van der Waals surface area contributed by atoms with Crippen molar-refractivity contribution in [2.75, 3.05) is 0 Å². The van der Waals surface area contributed by atoms with Crippen molar-refractivity contribution >= 4 is 11.3 Å². The molecule has 0 aliphatic carbocycles. The van der Waals surface area contributed by atoms with E-state index in [-0.39, 0.29) is 4.80 Å². The van der Waals surface area contributed by atoms with Crippen molar-refractivity contribution < 1.29 is 5.21 Å².